The van der Waals surface area contributed by atoms with Gasteiger partial charge >= 0.3 is 5.69 Å². The maximum Gasteiger partial charge on any atom is 0.333 e. The Morgan fingerprint density at radius 3 is 2.67 bits per heavy atom. The first-order chi connectivity index (χ1) is 9.91. The zero-order chi connectivity index (χ0) is 15.8. The molecule has 8 heteroatoms. The van der Waals surface area contributed by atoms with Crippen molar-refractivity contribution in [2.45, 2.75) is 26.4 Å². The molecule has 1 aromatic rings. The van der Waals surface area contributed by atoms with Crippen LogP contribution in [0.3, 0.4) is 0 Å². The van der Waals surface area contributed by atoms with Crippen LogP contribution in [0.2, 0.25) is 0 Å². The molecule has 0 saturated heterocycles. The first kappa shape index (κ1) is 17.1. The number of rotatable bonds is 9. The number of alkyl halides is 2. The fraction of sp³-hybridized carbons (Fsp3) is 0.538. The van der Waals surface area contributed by atoms with Crippen molar-refractivity contribution in [1.82, 2.24) is 0 Å². The summed E-state index contributed by atoms with van der Waals surface area (Å²) in [6.07, 6.45) is -2.73. The van der Waals surface area contributed by atoms with Crippen LogP contribution >= 0.6 is 0 Å². The second kappa shape index (κ2) is 8.35. The van der Waals surface area contributed by atoms with Gasteiger partial charge in [0.2, 0.25) is 0 Å². The van der Waals surface area contributed by atoms with Crippen molar-refractivity contribution in [3.05, 3.63) is 28.3 Å². The summed E-state index contributed by atoms with van der Waals surface area (Å²) < 4.78 is 33.8. The van der Waals surface area contributed by atoms with Gasteiger partial charge < -0.3 is 14.8 Å². The van der Waals surface area contributed by atoms with Gasteiger partial charge in [-0.2, -0.15) is 0 Å². The molecule has 0 radical (unpaired) electrons. The van der Waals surface area contributed by atoms with Crippen LogP contribution < -0.4 is 10.1 Å². The van der Waals surface area contributed by atoms with Gasteiger partial charge in [0.1, 0.15) is 12.3 Å². The van der Waals surface area contributed by atoms with Gasteiger partial charge in [-0.3, -0.25) is 10.1 Å². The molecule has 0 saturated carbocycles. The number of nitro benzene ring substituents is 1. The van der Waals surface area contributed by atoms with E-state index in [1.165, 1.54) is 12.1 Å². The molecule has 0 atom stereocenters. The lowest BCUT2D eigenvalue weighted by Crippen LogP contribution is -2.14. The largest absolute Gasteiger partial charge is 0.484 e. The van der Waals surface area contributed by atoms with Gasteiger partial charge in [-0.1, -0.05) is 6.07 Å². The topological polar surface area (TPSA) is 73.6 Å². The Kier molecular flexibility index (Phi) is 6.80. The maximum absolute atomic E-state index is 11.9. The van der Waals surface area contributed by atoms with Crippen molar-refractivity contribution in [3.63, 3.8) is 0 Å². The second-order valence-electron chi connectivity index (χ2n) is 4.47. The minimum Gasteiger partial charge on any atom is -0.484 e. The van der Waals surface area contributed by atoms with Crippen molar-refractivity contribution in [2.24, 2.45) is 0 Å². The van der Waals surface area contributed by atoms with Gasteiger partial charge in [0.05, 0.1) is 17.6 Å². The highest BCUT2D eigenvalue weighted by Crippen LogP contribution is 2.35. The van der Waals surface area contributed by atoms with E-state index in [1.807, 2.05) is 0 Å². The monoisotopic (exact) mass is 304 g/mol. The number of hydrogen-bond acceptors (Lipinski definition) is 5. The lowest BCUT2D eigenvalue weighted by atomic mass is 10.2. The van der Waals surface area contributed by atoms with Gasteiger partial charge in [0, 0.05) is 6.54 Å². The molecule has 1 N–H and O–H groups in total. The molecule has 0 aliphatic carbocycles. The van der Waals surface area contributed by atoms with E-state index in [2.05, 4.69) is 5.32 Å². The number of ether oxygens (including phenoxy) is 2. The van der Waals surface area contributed by atoms with E-state index < -0.39 is 18.0 Å². The van der Waals surface area contributed by atoms with Gasteiger partial charge in [0.25, 0.3) is 6.43 Å². The normalized spacial score (nSPS) is 11.0. The van der Waals surface area contributed by atoms with Crippen LogP contribution in [-0.4, -0.2) is 37.2 Å². The Bertz CT molecular complexity index is 469. The van der Waals surface area contributed by atoms with Crippen molar-refractivity contribution >= 4 is 11.4 Å². The average molecular weight is 304 g/mol. The van der Waals surface area contributed by atoms with Crippen LogP contribution in [0.15, 0.2) is 18.2 Å². The Morgan fingerprint density at radius 1 is 1.38 bits per heavy atom. The van der Waals surface area contributed by atoms with Crippen molar-refractivity contribution in [3.8, 4) is 5.75 Å². The summed E-state index contributed by atoms with van der Waals surface area (Å²) in [5.74, 6) is 0.161. The Hall–Kier alpha value is -1.96. The third kappa shape index (κ3) is 5.90. The van der Waals surface area contributed by atoms with E-state index in [9.17, 15) is 18.9 Å². The predicted molar refractivity (Wildman–Crippen MR) is 74.2 cm³/mol. The highest BCUT2D eigenvalue weighted by atomic mass is 19.3. The summed E-state index contributed by atoms with van der Waals surface area (Å²) in [5, 5.41) is 13.9. The van der Waals surface area contributed by atoms with Gasteiger partial charge in [0.15, 0.2) is 5.75 Å². The summed E-state index contributed by atoms with van der Waals surface area (Å²) in [5.41, 5.74) is 0.0823. The molecule has 0 amide bonds. The minimum absolute atomic E-state index is 0.0246. The van der Waals surface area contributed by atoms with Gasteiger partial charge in [-0.05, 0) is 26.0 Å². The zero-order valence-electron chi connectivity index (χ0n) is 11.8. The molecule has 0 aliphatic heterocycles. The number of nitro groups is 1. The molecule has 0 aromatic heterocycles. The number of para-hydroxylation sites is 1. The van der Waals surface area contributed by atoms with Crippen LogP contribution in [0.25, 0.3) is 0 Å². The Balaban J connectivity index is 2.70. The molecule has 0 unspecified atom stereocenters. The number of nitrogens with zero attached hydrogens (tertiary/aromatic N) is 1. The van der Waals surface area contributed by atoms with Crippen LogP contribution in [0.5, 0.6) is 5.75 Å². The molecule has 1 aromatic carbocycles. The van der Waals surface area contributed by atoms with E-state index in [1.54, 1.807) is 19.9 Å². The third-order valence-corrected chi connectivity index (χ3v) is 2.35. The highest BCUT2D eigenvalue weighted by Gasteiger charge is 2.21. The average Bonchev–Trinajstić information content (AvgIpc) is 2.36. The molecule has 6 nitrogen and oxygen atoms in total. The van der Waals surface area contributed by atoms with E-state index >= 15 is 0 Å². The molecular weight excluding hydrogens is 286 g/mol. The highest BCUT2D eigenvalue weighted by molar-refractivity contribution is 5.68. The number of halogens is 2. The van der Waals surface area contributed by atoms with E-state index in [0.717, 1.165) is 0 Å². The fourth-order valence-electron chi connectivity index (χ4n) is 1.63. The molecule has 21 heavy (non-hydrogen) atoms. The second-order valence-corrected chi connectivity index (χ2v) is 4.47. The van der Waals surface area contributed by atoms with Gasteiger partial charge in [-0.15, -0.1) is 0 Å². The minimum atomic E-state index is -2.53. The molecule has 0 bridgehead atoms. The van der Waals surface area contributed by atoms with E-state index in [4.69, 9.17) is 9.47 Å². The zero-order valence-corrected chi connectivity index (χ0v) is 11.8. The van der Waals surface area contributed by atoms with Crippen molar-refractivity contribution < 1.29 is 23.2 Å². The number of benzene rings is 1. The molecule has 1 rings (SSSR count). The van der Waals surface area contributed by atoms with Crippen molar-refractivity contribution in [1.29, 1.82) is 0 Å². The molecular formula is C13H18F2N2O4. The van der Waals surface area contributed by atoms with Crippen LogP contribution in [0, 0.1) is 10.1 Å². The quantitative estimate of drug-likeness (QED) is 0.431. The first-order valence-corrected chi connectivity index (χ1v) is 6.45. The van der Waals surface area contributed by atoms with Crippen LogP contribution in [-0.2, 0) is 4.74 Å². The third-order valence-electron chi connectivity index (χ3n) is 2.35. The van der Waals surface area contributed by atoms with Crippen LogP contribution in [0.1, 0.15) is 13.8 Å². The summed E-state index contributed by atoms with van der Waals surface area (Å²) >= 11 is 0. The SMILES string of the molecule is CC(C)Oc1cccc(NCCOCC(F)F)c1[N+](=O)[O-]. The Morgan fingerprint density at radius 2 is 2.10 bits per heavy atom. The standard InChI is InChI=1S/C13H18F2N2O4/c1-9(2)21-11-5-3-4-10(13(11)17(18)19)16-6-7-20-8-12(14)15/h3-5,9,12,16H,6-8H2,1-2H3. The fourth-order valence-corrected chi connectivity index (χ4v) is 1.63. The number of hydrogen-bond donors (Lipinski definition) is 1. The molecule has 118 valence electrons. The summed E-state index contributed by atoms with van der Waals surface area (Å²) in [4.78, 5) is 10.6. The van der Waals surface area contributed by atoms with E-state index in [0.29, 0.717) is 0 Å². The molecule has 0 spiro atoms. The predicted octanol–water partition coefficient (Wildman–Crippen LogP) is 3.08. The Labute approximate surface area is 121 Å². The molecule has 0 heterocycles. The summed E-state index contributed by atoms with van der Waals surface area (Å²) in [6.45, 7) is 3.08. The van der Waals surface area contributed by atoms with Crippen molar-refractivity contribution in [2.75, 3.05) is 25.1 Å². The van der Waals surface area contributed by atoms with Gasteiger partial charge in [-0.25, -0.2) is 8.78 Å². The summed E-state index contributed by atoms with van der Waals surface area (Å²) in [6, 6.07) is 4.65. The molecule has 0 fully saturated rings. The first-order valence-electron chi connectivity index (χ1n) is 6.45. The lowest BCUT2D eigenvalue weighted by Gasteiger charge is -2.13. The maximum atomic E-state index is 11.9. The smallest absolute Gasteiger partial charge is 0.333 e. The summed E-state index contributed by atoms with van der Waals surface area (Å²) in [7, 11) is 0. The lowest BCUT2D eigenvalue weighted by molar-refractivity contribution is -0.385. The number of anilines is 1. The van der Waals surface area contributed by atoms with Crippen LogP contribution in [0.4, 0.5) is 20.2 Å². The van der Waals surface area contributed by atoms with E-state index in [-0.39, 0.29) is 36.4 Å². The molecule has 0 aliphatic rings. The number of nitrogens with one attached hydrogen (secondary N) is 1.